The summed E-state index contributed by atoms with van der Waals surface area (Å²) in [5, 5.41) is 11.3. The molecule has 0 aliphatic carbocycles. The van der Waals surface area contributed by atoms with E-state index >= 15 is 0 Å². The fourth-order valence-electron chi connectivity index (χ4n) is 2.59. The maximum absolute atomic E-state index is 12.5. The molecular formula is C17H14N2O4. The van der Waals surface area contributed by atoms with Crippen molar-refractivity contribution in [3.63, 3.8) is 0 Å². The van der Waals surface area contributed by atoms with E-state index in [4.69, 9.17) is 10.2 Å². The summed E-state index contributed by atoms with van der Waals surface area (Å²) in [6.07, 6.45) is 0. The van der Waals surface area contributed by atoms with Crippen molar-refractivity contribution in [3.8, 4) is 11.3 Å². The Bertz CT molecular complexity index is 1010. The van der Waals surface area contributed by atoms with E-state index in [-0.39, 0.29) is 16.7 Å². The molecule has 0 fully saturated rings. The molecular weight excluding hydrogens is 296 g/mol. The van der Waals surface area contributed by atoms with Crippen LogP contribution in [-0.4, -0.2) is 4.92 Å². The number of anilines is 1. The van der Waals surface area contributed by atoms with Crippen molar-refractivity contribution in [2.75, 3.05) is 5.73 Å². The minimum absolute atomic E-state index is 0.00856. The van der Waals surface area contributed by atoms with Crippen molar-refractivity contribution < 1.29 is 9.34 Å². The number of nitrogen functional groups attached to an aromatic ring is 1. The lowest BCUT2D eigenvalue weighted by atomic mass is 10.0. The first-order valence-electron chi connectivity index (χ1n) is 6.97. The van der Waals surface area contributed by atoms with Crippen LogP contribution in [0, 0.1) is 24.0 Å². The van der Waals surface area contributed by atoms with Crippen LogP contribution in [-0.2, 0) is 0 Å². The number of aryl methyl sites for hydroxylation is 1. The van der Waals surface area contributed by atoms with Gasteiger partial charge in [-0.15, -0.1) is 0 Å². The summed E-state index contributed by atoms with van der Waals surface area (Å²) in [5.74, 6) is 0.326. The van der Waals surface area contributed by atoms with Crippen molar-refractivity contribution >= 4 is 22.3 Å². The molecule has 3 aromatic rings. The molecule has 2 N–H and O–H groups in total. The van der Waals surface area contributed by atoms with E-state index in [2.05, 4.69) is 0 Å². The number of nitrogens with zero attached hydrogens (tertiary/aromatic N) is 1. The Morgan fingerprint density at radius 3 is 2.57 bits per heavy atom. The molecule has 1 heterocycles. The predicted octanol–water partition coefficient (Wildman–Crippen LogP) is 3.57. The van der Waals surface area contributed by atoms with Gasteiger partial charge in [-0.05, 0) is 37.6 Å². The zero-order chi connectivity index (χ0) is 16.7. The number of fused-ring (bicyclic) bond motifs is 1. The van der Waals surface area contributed by atoms with E-state index in [9.17, 15) is 14.9 Å². The molecule has 0 saturated heterocycles. The third-order valence-corrected chi connectivity index (χ3v) is 3.86. The van der Waals surface area contributed by atoms with Crippen LogP contribution in [0.15, 0.2) is 45.6 Å². The first-order valence-corrected chi connectivity index (χ1v) is 6.97. The molecule has 116 valence electrons. The quantitative estimate of drug-likeness (QED) is 0.443. The van der Waals surface area contributed by atoms with Crippen LogP contribution in [0.2, 0.25) is 0 Å². The zero-order valence-corrected chi connectivity index (χ0v) is 12.6. The topological polar surface area (TPSA) is 99.4 Å². The normalized spacial score (nSPS) is 10.9. The number of nitro groups is 1. The molecule has 0 aliphatic heterocycles. The van der Waals surface area contributed by atoms with Crippen molar-refractivity contribution in [2.24, 2.45) is 0 Å². The zero-order valence-electron chi connectivity index (χ0n) is 12.6. The molecule has 3 rings (SSSR count). The molecule has 23 heavy (non-hydrogen) atoms. The highest BCUT2D eigenvalue weighted by Gasteiger charge is 2.22. The molecule has 2 aromatic carbocycles. The number of nitrogens with two attached hydrogens (primary N) is 1. The lowest BCUT2D eigenvalue weighted by Crippen LogP contribution is -2.06. The Morgan fingerprint density at radius 2 is 1.91 bits per heavy atom. The van der Waals surface area contributed by atoms with E-state index in [1.807, 2.05) is 0 Å². The Labute approximate surface area is 131 Å². The molecule has 0 saturated carbocycles. The van der Waals surface area contributed by atoms with Gasteiger partial charge in [-0.3, -0.25) is 14.9 Å². The lowest BCUT2D eigenvalue weighted by molar-refractivity contribution is -0.383. The first kappa shape index (κ1) is 14.8. The molecule has 1 aromatic heterocycles. The third-order valence-electron chi connectivity index (χ3n) is 3.86. The van der Waals surface area contributed by atoms with Crippen LogP contribution >= 0.6 is 0 Å². The van der Waals surface area contributed by atoms with Crippen molar-refractivity contribution in [1.29, 1.82) is 0 Å². The number of rotatable bonds is 2. The molecule has 0 radical (unpaired) electrons. The van der Waals surface area contributed by atoms with Crippen LogP contribution in [0.1, 0.15) is 11.1 Å². The highest BCUT2D eigenvalue weighted by Crippen LogP contribution is 2.32. The summed E-state index contributed by atoms with van der Waals surface area (Å²) >= 11 is 0. The number of nitro benzene ring substituents is 1. The second-order valence-electron chi connectivity index (χ2n) is 5.40. The van der Waals surface area contributed by atoms with Crippen molar-refractivity contribution in [1.82, 2.24) is 0 Å². The fraction of sp³-hybridized carbons (Fsp3) is 0.118. The molecule has 0 aliphatic rings. The van der Waals surface area contributed by atoms with Gasteiger partial charge in [0.15, 0.2) is 5.43 Å². The van der Waals surface area contributed by atoms with Gasteiger partial charge in [0.2, 0.25) is 0 Å². The molecule has 0 spiro atoms. The van der Waals surface area contributed by atoms with Crippen molar-refractivity contribution in [3.05, 3.63) is 67.9 Å². The van der Waals surface area contributed by atoms with Gasteiger partial charge in [0.05, 0.1) is 4.92 Å². The molecule has 0 bridgehead atoms. The fourth-order valence-corrected chi connectivity index (χ4v) is 2.59. The minimum atomic E-state index is -0.540. The van der Waals surface area contributed by atoms with Gasteiger partial charge in [0, 0.05) is 22.9 Å². The Hall–Kier alpha value is -3.15. The van der Waals surface area contributed by atoms with E-state index in [0.29, 0.717) is 28.1 Å². The van der Waals surface area contributed by atoms with Gasteiger partial charge in [-0.25, -0.2) is 0 Å². The van der Waals surface area contributed by atoms with Gasteiger partial charge in [0.25, 0.3) is 5.69 Å². The largest absolute Gasteiger partial charge is 0.456 e. The molecule has 6 heteroatoms. The Balaban J connectivity index is 2.38. The average molecular weight is 310 g/mol. The van der Waals surface area contributed by atoms with E-state index in [1.165, 1.54) is 6.07 Å². The summed E-state index contributed by atoms with van der Waals surface area (Å²) in [4.78, 5) is 23.3. The monoisotopic (exact) mass is 310 g/mol. The van der Waals surface area contributed by atoms with Crippen LogP contribution in [0.5, 0.6) is 0 Å². The molecule has 0 amide bonds. The summed E-state index contributed by atoms with van der Waals surface area (Å²) < 4.78 is 5.75. The highest BCUT2D eigenvalue weighted by molar-refractivity contribution is 5.90. The predicted molar refractivity (Wildman–Crippen MR) is 88.5 cm³/mol. The van der Waals surface area contributed by atoms with Gasteiger partial charge >= 0.3 is 0 Å². The number of benzene rings is 2. The average Bonchev–Trinajstić information content (AvgIpc) is 2.48. The van der Waals surface area contributed by atoms with Crippen molar-refractivity contribution in [2.45, 2.75) is 13.8 Å². The van der Waals surface area contributed by atoms with Crippen LogP contribution in [0.3, 0.4) is 0 Å². The standard InChI is InChI=1S/C17H14N2O4/c1-9-6-15-16(17(10(9)2)19(21)22)13(20)8-14(23-15)11-4-3-5-12(18)7-11/h3-8H,18H2,1-2H3. The number of hydrogen-bond acceptors (Lipinski definition) is 5. The highest BCUT2D eigenvalue weighted by atomic mass is 16.6. The second kappa shape index (κ2) is 5.24. The van der Waals surface area contributed by atoms with Crippen LogP contribution < -0.4 is 11.2 Å². The summed E-state index contributed by atoms with van der Waals surface area (Å²) in [6, 6.07) is 9.82. The van der Waals surface area contributed by atoms with Crippen LogP contribution in [0.25, 0.3) is 22.3 Å². The second-order valence-corrected chi connectivity index (χ2v) is 5.40. The maximum atomic E-state index is 12.5. The van der Waals surface area contributed by atoms with E-state index < -0.39 is 10.4 Å². The summed E-state index contributed by atoms with van der Waals surface area (Å²) in [7, 11) is 0. The number of hydrogen-bond donors (Lipinski definition) is 1. The van der Waals surface area contributed by atoms with Gasteiger partial charge in [0.1, 0.15) is 16.7 Å². The SMILES string of the molecule is Cc1cc2oc(-c3cccc(N)c3)cc(=O)c2c([N+](=O)[O-])c1C. The maximum Gasteiger partial charge on any atom is 0.287 e. The van der Waals surface area contributed by atoms with Crippen LogP contribution in [0.4, 0.5) is 11.4 Å². The first-order chi connectivity index (χ1) is 10.9. The summed E-state index contributed by atoms with van der Waals surface area (Å²) in [5.41, 5.74) is 7.64. The van der Waals surface area contributed by atoms with Gasteiger partial charge in [-0.1, -0.05) is 12.1 Å². The lowest BCUT2D eigenvalue weighted by Gasteiger charge is -2.08. The minimum Gasteiger partial charge on any atom is -0.456 e. The summed E-state index contributed by atoms with van der Waals surface area (Å²) in [6.45, 7) is 3.37. The smallest absolute Gasteiger partial charge is 0.287 e. The Kier molecular flexibility index (Phi) is 3.37. The molecule has 6 nitrogen and oxygen atoms in total. The van der Waals surface area contributed by atoms with E-state index in [0.717, 1.165) is 0 Å². The van der Waals surface area contributed by atoms with E-state index in [1.54, 1.807) is 44.2 Å². The third kappa shape index (κ3) is 2.44. The van der Waals surface area contributed by atoms with Gasteiger partial charge in [-0.2, -0.15) is 0 Å². The van der Waals surface area contributed by atoms with Gasteiger partial charge < -0.3 is 10.2 Å². The molecule has 0 atom stereocenters. The Morgan fingerprint density at radius 1 is 1.17 bits per heavy atom. The molecule has 0 unspecified atom stereocenters.